The summed E-state index contributed by atoms with van der Waals surface area (Å²) in [7, 11) is -3.83. The highest BCUT2D eigenvalue weighted by Crippen LogP contribution is 2.47. The van der Waals surface area contributed by atoms with E-state index in [9.17, 15) is 38.1 Å². The Bertz CT molecular complexity index is 1790. The second-order valence-corrected chi connectivity index (χ2v) is 16.4. The highest BCUT2D eigenvalue weighted by Gasteiger charge is 2.42. The van der Waals surface area contributed by atoms with E-state index in [1.54, 1.807) is 6.07 Å². The number of para-hydroxylation sites is 1. The molecule has 4 rings (SSSR count). The van der Waals surface area contributed by atoms with Crippen molar-refractivity contribution in [2.75, 3.05) is 30.1 Å². The Morgan fingerprint density at radius 1 is 1.00 bits per heavy atom. The molecule has 0 spiro atoms. The number of aliphatic carboxylic acids is 1. The minimum Gasteiger partial charge on any atom is -0.508 e. The summed E-state index contributed by atoms with van der Waals surface area (Å²) in [5.74, 6) is -4.03. The van der Waals surface area contributed by atoms with Gasteiger partial charge in [-0.2, -0.15) is 0 Å². The molecule has 0 aromatic heterocycles. The zero-order valence-corrected chi connectivity index (χ0v) is 31.8. The van der Waals surface area contributed by atoms with Gasteiger partial charge in [0.1, 0.15) is 17.5 Å². The first-order valence-electron chi connectivity index (χ1n) is 17.7. The number of carboxylic acid groups (broad SMARTS) is 1. The average Bonchev–Trinajstić information content (AvgIpc) is 3.21. The number of thioether (sulfide) groups is 1. The molecule has 1 unspecified atom stereocenters. The number of benzene rings is 3. The molecule has 3 atom stereocenters. The summed E-state index contributed by atoms with van der Waals surface area (Å²) in [6.07, 6.45) is 5.19. The van der Waals surface area contributed by atoms with Crippen molar-refractivity contribution in [2.24, 2.45) is 11.3 Å². The highest BCUT2D eigenvalue weighted by molar-refractivity contribution is 7.98. The minimum absolute atomic E-state index is 0.0188. The van der Waals surface area contributed by atoms with Gasteiger partial charge in [0.05, 0.1) is 33.3 Å². The second kappa shape index (κ2) is 18.1. The van der Waals surface area contributed by atoms with Crippen molar-refractivity contribution in [3.8, 4) is 11.5 Å². The lowest BCUT2D eigenvalue weighted by Crippen LogP contribution is -2.39. The van der Waals surface area contributed by atoms with E-state index in [1.165, 1.54) is 49.0 Å². The topological polar surface area (TPSA) is 171 Å². The van der Waals surface area contributed by atoms with Crippen LogP contribution >= 0.6 is 11.8 Å². The van der Waals surface area contributed by atoms with E-state index in [4.69, 9.17) is 4.74 Å². The van der Waals surface area contributed by atoms with Crippen molar-refractivity contribution in [2.45, 2.75) is 87.7 Å². The van der Waals surface area contributed by atoms with Crippen molar-refractivity contribution in [1.82, 2.24) is 5.32 Å². The molecular formula is C39H50N2O9S2. The monoisotopic (exact) mass is 754 g/mol. The molecule has 1 amide bonds. The molecule has 4 N–H and O–H groups in total. The van der Waals surface area contributed by atoms with E-state index in [2.05, 4.69) is 24.1 Å². The number of ether oxygens (including phenoxy) is 1. The van der Waals surface area contributed by atoms with Gasteiger partial charge in [-0.25, -0.2) is 8.42 Å². The average molecular weight is 755 g/mol. The number of hydrogen-bond acceptors (Lipinski definition) is 10. The maximum atomic E-state index is 14.4. The molecule has 0 bridgehead atoms. The molecule has 0 aliphatic carbocycles. The third-order valence-electron chi connectivity index (χ3n) is 9.58. The molecule has 0 fully saturated rings. The number of phenols is 1. The number of nitrogens with zero attached hydrogens (tertiary/aromatic N) is 1. The van der Waals surface area contributed by atoms with Crippen LogP contribution < -0.4 is 15.0 Å². The maximum Gasteiger partial charge on any atom is 0.309 e. The number of fused-ring (bicyclic) bond motifs is 1. The number of ketones is 1. The number of phenolic OH excluding ortho intramolecular Hbond substituents is 1. The van der Waals surface area contributed by atoms with Crippen LogP contribution in [-0.4, -0.2) is 72.7 Å². The van der Waals surface area contributed by atoms with Crippen LogP contribution in [0.1, 0.15) is 77.3 Å². The number of unbranched alkanes of at least 4 members (excludes halogenated alkanes) is 2. The lowest BCUT2D eigenvalue weighted by molar-refractivity contribution is -0.147. The van der Waals surface area contributed by atoms with Gasteiger partial charge in [0.2, 0.25) is 0 Å². The Morgan fingerprint density at radius 3 is 2.19 bits per heavy atom. The zero-order valence-electron chi connectivity index (χ0n) is 30.2. The number of carbonyl (C=O) groups excluding carboxylic acids is 2. The number of carboxylic acids is 1. The van der Waals surface area contributed by atoms with Crippen molar-refractivity contribution in [3.05, 3.63) is 72.3 Å². The van der Waals surface area contributed by atoms with Gasteiger partial charge < -0.3 is 30.3 Å². The molecule has 282 valence electrons. The fourth-order valence-electron chi connectivity index (χ4n) is 6.74. The van der Waals surface area contributed by atoms with Crippen LogP contribution in [-0.2, 0) is 24.2 Å². The maximum absolute atomic E-state index is 14.4. The van der Waals surface area contributed by atoms with Crippen molar-refractivity contribution < 1.29 is 42.9 Å². The SMILES string of the molecule is CCCCC1(CCCC)CN(c2ccccc2)c2cc(SC)c(OCC(=O)NC(C(=O)C[C@H](C(=O)O)[C@@H](C)O)c3ccc(O)cc3)cc2S(=O)(=O)C1. The summed E-state index contributed by atoms with van der Waals surface area (Å²) < 4.78 is 34.8. The van der Waals surface area contributed by atoms with Gasteiger partial charge in [-0.05, 0) is 61.9 Å². The largest absolute Gasteiger partial charge is 0.508 e. The summed E-state index contributed by atoms with van der Waals surface area (Å²) >= 11 is 1.35. The first-order valence-corrected chi connectivity index (χ1v) is 20.5. The van der Waals surface area contributed by atoms with Gasteiger partial charge in [0.15, 0.2) is 22.2 Å². The molecule has 1 aliphatic heterocycles. The summed E-state index contributed by atoms with van der Waals surface area (Å²) in [6, 6.07) is 17.3. The summed E-state index contributed by atoms with van der Waals surface area (Å²) in [4.78, 5) is 41.3. The van der Waals surface area contributed by atoms with E-state index in [1.807, 2.05) is 36.6 Å². The number of carbonyl (C=O) groups is 3. The Kier molecular flexibility index (Phi) is 14.2. The van der Waals surface area contributed by atoms with Crippen LogP contribution in [0.25, 0.3) is 0 Å². The number of anilines is 2. The molecule has 0 saturated heterocycles. The number of aliphatic hydroxyl groups is 1. The Balaban J connectivity index is 1.69. The molecule has 3 aromatic carbocycles. The van der Waals surface area contributed by atoms with E-state index in [0.29, 0.717) is 22.7 Å². The first-order chi connectivity index (χ1) is 24.7. The lowest BCUT2D eigenvalue weighted by Gasteiger charge is -2.37. The van der Waals surface area contributed by atoms with Gasteiger partial charge in [-0.15, -0.1) is 11.8 Å². The van der Waals surface area contributed by atoms with Crippen molar-refractivity contribution in [1.29, 1.82) is 0 Å². The molecule has 11 nitrogen and oxygen atoms in total. The number of Topliss-reactive ketones (excluding diaryl/α,β-unsaturated/α-hetero) is 1. The third kappa shape index (κ3) is 10.1. The summed E-state index contributed by atoms with van der Waals surface area (Å²) in [6.45, 7) is 5.44. The standard InChI is InChI=1S/C39H50N2O9S2/c1-5-7-18-39(19-8-6-2)24-41(28-12-10-9-11-13-28)31-21-34(51-4)33(22-35(31)52(48,49)25-39)50-23-36(45)40-37(27-14-16-29(43)17-15-27)32(44)20-30(26(3)42)38(46)47/h9-17,21-22,26,30,37,42-43H,5-8,18-20,23-25H2,1-4H3,(H,40,45)(H,46,47)/t26-,30+,37?/m1/s1. The molecular weight excluding hydrogens is 705 g/mol. The number of rotatable bonds is 18. The number of sulfone groups is 1. The van der Waals surface area contributed by atoms with Crippen LogP contribution in [0.2, 0.25) is 0 Å². The van der Waals surface area contributed by atoms with Gasteiger partial charge in [-0.3, -0.25) is 14.4 Å². The number of aromatic hydroxyl groups is 1. The smallest absolute Gasteiger partial charge is 0.309 e. The van der Waals surface area contributed by atoms with Crippen LogP contribution in [0, 0.1) is 11.3 Å². The van der Waals surface area contributed by atoms with Crippen LogP contribution in [0.3, 0.4) is 0 Å². The number of nitrogens with one attached hydrogen (secondary N) is 1. The van der Waals surface area contributed by atoms with E-state index in [-0.39, 0.29) is 22.1 Å². The highest BCUT2D eigenvalue weighted by atomic mass is 32.2. The first kappa shape index (κ1) is 40.7. The molecule has 3 aromatic rings. The fraction of sp³-hybridized carbons (Fsp3) is 0.462. The number of aliphatic hydroxyl groups excluding tert-OH is 1. The van der Waals surface area contributed by atoms with Gasteiger partial charge in [0, 0.05) is 30.1 Å². The summed E-state index contributed by atoms with van der Waals surface area (Å²) in [5.41, 5.74) is 1.24. The van der Waals surface area contributed by atoms with Crippen molar-refractivity contribution >= 4 is 50.6 Å². The Labute approximate surface area is 310 Å². The summed E-state index contributed by atoms with van der Waals surface area (Å²) in [5, 5.41) is 31.9. The van der Waals surface area contributed by atoms with Gasteiger partial charge in [-0.1, -0.05) is 69.9 Å². The molecule has 0 radical (unpaired) electrons. The minimum atomic E-state index is -3.83. The predicted octanol–water partition coefficient (Wildman–Crippen LogP) is 6.68. The Morgan fingerprint density at radius 2 is 1.63 bits per heavy atom. The molecule has 13 heteroatoms. The normalized spacial score (nSPS) is 16.5. The second-order valence-electron chi connectivity index (χ2n) is 13.6. The van der Waals surface area contributed by atoms with Crippen molar-refractivity contribution in [3.63, 3.8) is 0 Å². The van der Waals surface area contributed by atoms with E-state index in [0.717, 1.165) is 44.2 Å². The molecule has 52 heavy (non-hydrogen) atoms. The van der Waals surface area contributed by atoms with Gasteiger partial charge in [0.25, 0.3) is 5.91 Å². The molecule has 0 saturated carbocycles. The van der Waals surface area contributed by atoms with Crippen LogP contribution in [0.5, 0.6) is 11.5 Å². The lowest BCUT2D eigenvalue weighted by atomic mass is 9.79. The zero-order chi connectivity index (χ0) is 38.1. The quantitative estimate of drug-likeness (QED) is 0.102. The Hall–Kier alpha value is -4.07. The fourth-order valence-corrected chi connectivity index (χ4v) is 9.41. The van der Waals surface area contributed by atoms with Crippen LogP contribution in [0.4, 0.5) is 11.4 Å². The van der Waals surface area contributed by atoms with Crippen LogP contribution in [0.15, 0.2) is 76.5 Å². The molecule has 1 heterocycles. The van der Waals surface area contributed by atoms with Gasteiger partial charge >= 0.3 is 5.97 Å². The molecule has 1 aliphatic rings. The third-order valence-corrected chi connectivity index (χ3v) is 12.3. The van der Waals surface area contributed by atoms with E-state index < -0.39 is 64.0 Å². The number of hydrogen-bond donors (Lipinski definition) is 4. The predicted molar refractivity (Wildman–Crippen MR) is 202 cm³/mol. The number of amides is 1. The van der Waals surface area contributed by atoms with E-state index >= 15 is 0 Å².